The molecule has 1 saturated heterocycles. The van der Waals surface area contributed by atoms with Gasteiger partial charge in [0.1, 0.15) is 0 Å². The van der Waals surface area contributed by atoms with E-state index in [0.717, 1.165) is 43.1 Å². The summed E-state index contributed by atoms with van der Waals surface area (Å²) in [5, 5.41) is 3.50. The smallest absolute Gasteiger partial charge is 0.164 e. The van der Waals surface area contributed by atoms with Gasteiger partial charge in [-0.3, -0.25) is 9.69 Å². The predicted molar refractivity (Wildman–Crippen MR) is 139 cm³/mol. The van der Waals surface area contributed by atoms with E-state index in [1.165, 1.54) is 10.5 Å². The molecule has 0 spiro atoms. The highest BCUT2D eigenvalue weighted by Gasteiger charge is 2.23. The van der Waals surface area contributed by atoms with E-state index >= 15 is 0 Å². The van der Waals surface area contributed by atoms with E-state index in [9.17, 15) is 4.79 Å². The Labute approximate surface area is 207 Å². The number of benzene rings is 3. The van der Waals surface area contributed by atoms with E-state index in [4.69, 9.17) is 0 Å². The second kappa shape index (κ2) is 13.7. The minimum absolute atomic E-state index is 0. The highest BCUT2D eigenvalue weighted by Crippen LogP contribution is 2.27. The molecular weight excluding hydrogens is 459 g/mol. The first-order chi connectivity index (χ1) is 14.8. The molecule has 0 radical (unpaired) electrons. The first-order valence-corrected chi connectivity index (χ1v) is 11.4. The molecule has 32 heavy (non-hydrogen) atoms. The van der Waals surface area contributed by atoms with Crippen LogP contribution in [0, 0.1) is 0 Å². The quantitative estimate of drug-likeness (QED) is 0.407. The Hall–Kier alpha value is -1.82. The third kappa shape index (κ3) is 7.65. The molecule has 0 amide bonds. The fraction of sp³-hybridized carbons (Fsp3) is 0.269. The molecule has 0 bridgehead atoms. The molecular formula is C26H30Cl2N2OS. The standard InChI is InChI=1S/C26H28N2OS.2ClH/c29-26(22-11-13-25(14-12-22)30-24-9-5-2-6-10-24)15-17-28-18-16-27-20-23(28)19-21-7-3-1-4-8-21;;/h1-14,23,27H,15-20H2;2*1H. The summed E-state index contributed by atoms with van der Waals surface area (Å²) < 4.78 is 0. The second-order valence-corrected chi connectivity index (χ2v) is 8.84. The summed E-state index contributed by atoms with van der Waals surface area (Å²) in [6, 6.07) is 29.4. The Morgan fingerprint density at radius 2 is 1.50 bits per heavy atom. The molecule has 3 aromatic carbocycles. The summed E-state index contributed by atoms with van der Waals surface area (Å²) in [5.74, 6) is 0.225. The van der Waals surface area contributed by atoms with Crippen molar-refractivity contribution in [2.75, 3.05) is 26.2 Å². The van der Waals surface area contributed by atoms with Crippen LogP contribution in [-0.2, 0) is 6.42 Å². The van der Waals surface area contributed by atoms with Crippen LogP contribution >= 0.6 is 36.6 Å². The molecule has 1 aliphatic rings. The lowest BCUT2D eigenvalue weighted by atomic mass is 10.0. The van der Waals surface area contributed by atoms with E-state index in [2.05, 4.69) is 52.7 Å². The third-order valence-corrected chi connectivity index (χ3v) is 6.58. The Morgan fingerprint density at radius 3 is 2.19 bits per heavy atom. The average Bonchev–Trinajstić information content (AvgIpc) is 2.80. The van der Waals surface area contributed by atoms with Crippen molar-refractivity contribution in [2.45, 2.75) is 28.7 Å². The van der Waals surface area contributed by atoms with E-state index in [1.54, 1.807) is 11.8 Å². The SMILES string of the molecule is Cl.Cl.O=C(CCN1CCNCC1Cc1ccccc1)c1ccc(Sc2ccccc2)cc1. The summed E-state index contributed by atoms with van der Waals surface area (Å²) in [7, 11) is 0. The van der Waals surface area contributed by atoms with Crippen LogP contribution in [0.4, 0.5) is 0 Å². The molecule has 0 aromatic heterocycles. The molecule has 0 saturated carbocycles. The number of piperazine rings is 1. The van der Waals surface area contributed by atoms with Gasteiger partial charge >= 0.3 is 0 Å². The predicted octanol–water partition coefficient (Wildman–Crippen LogP) is 5.77. The number of carbonyl (C=O) groups is 1. The molecule has 1 aliphatic heterocycles. The number of hydrogen-bond acceptors (Lipinski definition) is 4. The topological polar surface area (TPSA) is 32.3 Å². The lowest BCUT2D eigenvalue weighted by Gasteiger charge is -2.36. The van der Waals surface area contributed by atoms with Gasteiger partial charge in [-0.15, -0.1) is 24.8 Å². The van der Waals surface area contributed by atoms with Crippen LogP contribution in [0.2, 0.25) is 0 Å². The summed E-state index contributed by atoms with van der Waals surface area (Å²) in [6.45, 7) is 3.79. The number of nitrogens with one attached hydrogen (secondary N) is 1. The largest absolute Gasteiger partial charge is 0.314 e. The minimum Gasteiger partial charge on any atom is -0.314 e. The van der Waals surface area contributed by atoms with Crippen LogP contribution in [0.15, 0.2) is 94.7 Å². The van der Waals surface area contributed by atoms with Gasteiger partial charge in [0, 0.05) is 54.0 Å². The van der Waals surface area contributed by atoms with Crippen LogP contribution < -0.4 is 5.32 Å². The summed E-state index contributed by atoms with van der Waals surface area (Å²) in [5.41, 5.74) is 2.16. The molecule has 3 nitrogen and oxygen atoms in total. The number of Topliss-reactive ketones (excluding diaryl/α,β-unsaturated/α-hetero) is 1. The number of carbonyl (C=O) groups excluding carboxylic acids is 1. The van der Waals surface area contributed by atoms with E-state index in [-0.39, 0.29) is 30.6 Å². The molecule has 170 valence electrons. The van der Waals surface area contributed by atoms with Crippen LogP contribution in [0.1, 0.15) is 22.3 Å². The monoisotopic (exact) mass is 488 g/mol. The molecule has 3 aromatic rings. The first-order valence-electron chi connectivity index (χ1n) is 10.6. The number of hydrogen-bond donors (Lipinski definition) is 1. The fourth-order valence-electron chi connectivity index (χ4n) is 3.91. The zero-order valence-corrected chi connectivity index (χ0v) is 20.4. The van der Waals surface area contributed by atoms with E-state index < -0.39 is 0 Å². The van der Waals surface area contributed by atoms with Crippen molar-refractivity contribution in [3.63, 3.8) is 0 Å². The van der Waals surface area contributed by atoms with Crippen LogP contribution in [0.3, 0.4) is 0 Å². The van der Waals surface area contributed by atoms with Gasteiger partial charge in [0.25, 0.3) is 0 Å². The van der Waals surface area contributed by atoms with Gasteiger partial charge < -0.3 is 5.32 Å². The van der Waals surface area contributed by atoms with Gasteiger partial charge in [-0.2, -0.15) is 0 Å². The molecule has 1 fully saturated rings. The normalized spacial score (nSPS) is 15.9. The molecule has 1 heterocycles. The number of halogens is 2. The Bertz CT molecular complexity index is 939. The van der Waals surface area contributed by atoms with Gasteiger partial charge in [0.15, 0.2) is 5.78 Å². The third-order valence-electron chi connectivity index (χ3n) is 5.57. The average molecular weight is 490 g/mol. The molecule has 0 aliphatic carbocycles. The van der Waals surface area contributed by atoms with Crippen LogP contribution in [0.5, 0.6) is 0 Å². The van der Waals surface area contributed by atoms with E-state index in [1.807, 2.05) is 42.5 Å². The van der Waals surface area contributed by atoms with Crippen molar-refractivity contribution in [1.82, 2.24) is 10.2 Å². The summed E-state index contributed by atoms with van der Waals surface area (Å²) in [6.07, 6.45) is 1.59. The fourth-order valence-corrected chi connectivity index (χ4v) is 4.75. The summed E-state index contributed by atoms with van der Waals surface area (Å²) in [4.78, 5) is 17.6. The second-order valence-electron chi connectivity index (χ2n) is 7.70. The maximum absolute atomic E-state index is 12.8. The van der Waals surface area contributed by atoms with Gasteiger partial charge in [0.05, 0.1) is 0 Å². The number of ketones is 1. The Kier molecular flexibility index (Phi) is 11.3. The van der Waals surface area contributed by atoms with Crippen molar-refractivity contribution >= 4 is 42.4 Å². The lowest BCUT2D eigenvalue weighted by Crippen LogP contribution is -2.52. The molecule has 1 atom stereocenters. The van der Waals surface area contributed by atoms with Gasteiger partial charge in [-0.05, 0) is 36.2 Å². The highest BCUT2D eigenvalue weighted by atomic mass is 35.5. The Balaban J connectivity index is 0.00000181. The van der Waals surface area contributed by atoms with Gasteiger partial charge in [-0.25, -0.2) is 0 Å². The highest BCUT2D eigenvalue weighted by molar-refractivity contribution is 7.99. The molecule has 1 N–H and O–H groups in total. The minimum atomic E-state index is 0. The number of nitrogens with zero attached hydrogens (tertiary/aromatic N) is 1. The molecule has 4 rings (SSSR count). The molecule has 1 unspecified atom stereocenters. The van der Waals surface area contributed by atoms with Crippen molar-refractivity contribution in [1.29, 1.82) is 0 Å². The maximum Gasteiger partial charge on any atom is 0.164 e. The zero-order chi connectivity index (χ0) is 20.6. The van der Waals surface area contributed by atoms with Crippen molar-refractivity contribution < 1.29 is 4.79 Å². The Morgan fingerprint density at radius 1 is 0.875 bits per heavy atom. The van der Waals surface area contributed by atoms with Crippen molar-refractivity contribution in [2.24, 2.45) is 0 Å². The van der Waals surface area contributed by atoms with Gasteiger partial charge in [-0.1, -0.05) is 72.4 Å². The van der Waals surface area contributed by atoms with Crippen molar-refractivity contribution in [3.05, 3.63) is 96.1 Å². The van der Waals surface area contributed by atoms with Gasteiger partial charge in [0.2, 0.25) is 0 Å². The first kappa shape index (κ1) is 26.4. The maximum atomic E-state index is 12.8. The zero-order valence-electron chi connectivity index (χ0n) is 18.0. The number of rotatable bonds is 8. The van der Waals surface area contributed by atoms with Crippen LogP contribution in [-0.4, -0.2) is 42.9 Å². The van der Waals surface area contributed by atoms with E-state index in [0.29, 0.717) is 12.5 Å². The molecule has 6 heteroatoms. The summed E-state index contributed by atoms with van der Waals surface area (Å²) >= 11 is 1.72. The lowest BCUT2D eigenvalue weighted by molar-refractivity contribution is 0.0935. The van der Waals surface area contributed by atoms with Crippen molar-refractivity contribution in [3.8, 4) is 0 Å². The van der Waals surface area contributed by atoms with Crippen LogP contribution in [0.25, 0.3) is 0 Å².